The third-order valence-corrected chi connectivity index (χ3v) is 1.02. The average molecular weight is 123 g/mol. The van der Waals surface area contributed by atoms with Crippen molar-refractivity contribution in [3.8, 4) is 0 Å². The zero-order valence-electron chi connectivity index (χ0n) is 5.85. The fourth-order valence-electron chi connectivity index (χ4n) is 0.440. The molecule has 0 unspecified atom stereocenters. The first kappa shape index (κ1) is 8.18. The maximum absolute atomic E-state index is 5.30. The van der Waals surface area contributed by atoms with Crippen molar-refractivity contribution in [3.63, 3.8) is 0 Å². The van der Waals surface area contributed by atoms with Crippen molar-refractivity contribution in [2.75, 3.05) is 6.54 Å². The van der Waals surface area contributed by atoms with Gasteiger partial charge in [-0.05, 0) is 12.5 Å². The molecule has 0 aromatic carbocycles. The van der Waals surface area contributed by atoms with Crippen molar-refractivity contribution in [1.82, 2.24) is 0 Å². The van der Waals surface area contributed by atoms with Gasteiger partial charge in [-0.3, -0.25) is 0 Å². The summed E-state index contributed by atoms with van der Waals surface area (Å²) in [5, 5.41) is 0. The minimum Gasteiger partial charge on any atom is -0.327 e. The van der Waals surface area contributed by atoms with Crippen LogP contribution in [-0.2, 0) is 0 Å². The normalized spacial score (nSPS) is 11.1. The van der Waals surface area contributed by atoms with Crippen LogP contribution >= 0.6 is 0 Å². The predicted octanol–water partition coefficient (Wildman–Crippen LogP) is 1.63. The Morgan fingerprint density at radius 3 is 2.56 bits per heavy atom. The van der Waals surface area contributed by atoms with Gasteiger partial charge in [0.05, 0.1) is 0 Å². The Balaban J connectivity index is 3.94. The topological polar surface area (TPSA) is 26.0 Å². The van der Waals surface area contributed by atoms with E-state index in [1.54, 1.807) is 6.08 Å². The zero-order chi connectivity index (χ0) is 7.28. The van der Waals surface area contributed by atoms with E-state index in [4.69, 9.17) is 5.73 Å². The SMILES string of the molecule is C=C/C(C)=C\C(=C)CN. The van der Waals surface area contributed by atoms with Crippen molar-refractivity contribution in [2.45, 2.75) is 6.92 Å². The van der Waals surface area contributed by atoms with E-state index in [0.717, 1.165) is 11.1 Å². The molecule has 0 saturated carbocycles. The first-order valence-electron chi connectivity index (χ1n) is 2.89. The lowest BCUT2D eigenvalue weighted by Gasteiger charge is -1.93. The van der Waals surface area contributed by atoms with Crippen molar-refractivity contribution in [2.24, 2.45) is 5.73 Å². The highest BCUT2D eigenvalue weighted by molar-refractivity contribution is 5.26. The molecule has 0 aliphatic carbocycles. The molecule has 9 heavy (non-hydrogen) atoms. The van der Waals surface area contributed by atoms with Crippen molar-refractivity contribution in [3.05, 3.63) is 36.5 Å². The molecule has 0 atom stereocenters. The maximum atomic E-state index is 5.30. The minimum absolute atomic E-state index is 0.519. The molecule has 0 radical (unpaired) electrons. The molecule has 0 aromatic rings. The van der Waals surface area contributed by atoms with Gasteiger partial charge in [0, 0.05) is 6.54 Å². The highest BCUT2D eigenvalue weighted by atomic mass is 14.5. The van der Waals surface area contributed by atoms with Crippen LogP contribution < -0.4 is 5.73 Å². The summed E-state index contributed by atoms with van der Waals surface area (Å²) < 4.78 is 0. The molecule has 1 heteroatoms. The van der Waals surface area contributed by atoms with Gasteiger partial charge in [-0.25, -0.2) is 0 Å². The Morgan fingerprint density at radius 2 is 2.22 bits per heavy atom. The summed E-state index contributed by atoms with van der Waals surface area (Å²) in [4.78, 5) is 0. The van der Waals surface area contributed by atoms with Gasteiger partial charge < -0.3 is 5.73 Å². The van der Waals surface area contributed by atoms with E-state index in [1.807, 2.05) is 13.0 Å². The van der Waals surface area contributed by atoms with Gasteiger partial charge >= 0.3 is 0 Å². The minimum atomic E-state index is 0.519. The first-order valence-corrected chi connectivity index (χ1v) is 2.89. The van der Waals surface area contributed by atoms with Gasteiger partial charge in [-0.1, -0.05) is 30.9 Å². The summed E-state index contributed by atoms with van der Waals surface area (Å²) >= 11 is 0. The van der Waals surface area contributed by atoms with Gasteiger partial charge in [-0.15, -0.1) is 0 Å². The number of allylic oxidation sites excluding steroid dienone is 2. The van der Waals surface area contributed by atoms with Crippen molar-refractivity contribution < 1.29 is 0 Å². The number of hydrogen-bond donors (Lipinski definition) is 1. The Morgan fingerprint density at radius 1 is 1.67 bits per heavy atom. The monoisotopic (exact) mass is 123 g/mol. The molecular formula is C8H13N. The molecule has 0 fully saturated rings. The highest BCUT2D eigenvalue weighted by Crippen LogP contribution is 1.97. The lowest BCUT2D eigenvalue weighted by molar-refractivity contribution is 1.19. The zero-order valence-corrected chi connectivity index (χ0v) is 5.85. The fourth-order valence-corrected chi connectivity index (χ4v) is 0.440. The molecule has 0 bridgehead atoms. The molecule has 50 valence electrons. The Labute approximate surface area is 56.6 Å². The van der Waals surface area contributed by atoms with Crippen LogP contribution in [0.25, 0.3) is 0 Å². The predicted molar refractivity (Wildman–Crippen MR) is 42.1 cm³/mol. The largest absolute Gasteiger partial charge is 0.327 e. The molecular weight excluding hydrogens is 110 g/mol. The van der Waals surface area contributed by atoms with E-state index in [0.29, 0.717) is 6.54 Å². The first-order chi connectivity index (χ1) is 4.20. The van der Waals surface area contributed by atoms with E-state index < -0.39 is 0 Å². The molecule has 0 rings (SSSR count). The molecule has 0 saturated heterocycles. The Kier molecular flexibility index (Phi) is 3.72. The number of rotatable bonds is 3. The van der Waals surface area contributed by atoms with Crippen LogP contribution in [0.15, 0.2) is 36.5 Å². The Hall–Kier alpha value is -0.820. The molecule has 0 amide bonds. The maximum Gasteiger partial charge on any atom is 0.0172 e. The van der Waals surface area contributed by atoms with Gasteiger partial charge in [-0.2, -0.15) is 0 Å². The highest BCUT2D eigenvalue weighted by Gasteiger charge is 1.82. The molecule has 0 aromatic heterocycles. The van der Waals surface area contributed by atoms with E-state index in [-0.39, 0.29) is 0 Å². The quantitative estimate of drug-likeness (QED) is 0.567. The van der Waals surface area contributed by atoms with Crippen LogP contribution in [0.3, 0.4) is 0 Å². The van der Waals surface area contributed by atoms with Crippen molar-refractivity contribution in [1.29, 1.82) is 0 Å². The summed E-state index contributed by atoms with van der Waals surface area (Å²) in [6.45, 7) is 9.79. The fraction of sp³-hybridized carbons (Fsp3) is 0.250. The van der Waals surface area contributed by atoms with Gasteiger partial charge in [0.15, 0.2) is 0 Å². The van der Waals surface area contributed by atoms with E-state index >= 15 is 0 Å². The van der Waals surface area contributed by atoms with Gasteiger partial charge in [0.2, 0.25) is 0 Å². The summed E-state index contributed by atoms with van der Waals surface area (Å²) in [5.74, 6) is 0. The summed E-state index contributed by atoms with van der Waals surface area (Å²) in [6.07, 6.45) is 3.70. The van der Waals surface area contributed by atoms with Crippen LogP contribution in [0.4, 0.5) is 0 Å². The molecule has 0 heterocycles. The standard InChI is InChI=1S/C8H13N/c1-4-7(2)5-8(3)6-9/h4-5H,1,3,6,9H2,2H3/b7-5-. The molecule has 0 aliphatic heterocycles. The van der Waals surface area contributed by atoms with Crippen LogP contribution in [0.2, 0.25) is 0 Å². The molecule has 1 nitrogen and oxygen atoms in total. The Bertz CT molecular complexity index is 143. The van der Waals surface area contributed by atoms with Crippen LogP contribution in [0, 0.1) is 0 Å². The second-order valence-corrected chi connectivity index (χ2v) is 1.95. The summed E-state index contributed by atoms with van der Waals surface area (Å²) in [5.41, 5.74) is 7.34. The van der Waals surface area contributed by atoms with E-state index in [2.05, 4.69) is 13.2 Å². The lowest BCUT2D eigenvalue weighted by Crippen LogP contribution is -1.99. The third-order valence-electron chi connectivity index (χ3n) is 1.02. The average Bonchev–Trinajstić information content (AvgIpc) is 1.87. The third kappa shape index (κ3) is 3.74. The molecule has 0 spiro atoms. The summed E-state index contributed by atoms with van der Waals surface area (Å²) in [7, 11) is 0. The summed E-state index contributed by atoms with van der Waals surface area (Å²) in [6, 6.07) is 0. The van der Waals surface area contributed by atoms with Crippen LogP contribution in [0.5, 0.6) is 0 Å². The van der Waals surface area contributed by atoms with Gasteiger partial charge in [0.1, 0.15) is 0 Å². The van der Waals surface area contributed by atoms with E-state index in [9.17, 15) is 0 Å². The van der Waals surface area contributed by atoms with Gasteiger partial charge in [0.25, 0.3) is 0 Å². The number of nitrogens with two attached hydrogens (primary N) is 1. The second-order valence-electron chi connectivity index (χ2n) is 1.95. The van der Waals surface area contributed by atoms with Crippen molar-refractivity contribution >= 4 is 0 Å². The second kappa shape index (κ2) is 4.10. The lowest BCUT2D eigenvalue weighted by atomic mass is 10.2. The van der Waals surface area contributed by atoms with Crippen LogP contribution in [-0.4, -0.2) is 6.54 Å². The van der Waals surface area contributed by atoms with E-state index in [1.165, 1.54) is 0 Å². The van der Waals surface area contributed by atoms with Crippen LogP contribution in [0.1, 0.15) is 6.92 Å². The molecule has 2 N–H and O–H groups in total. The smallest absolute Gasteiger partial charge is 0.0172 e. The number of hydrogen-bond acceptors (Lipinski definition) is 1. The molecule has 0 aliphatic rings.